The molecule has 0 aliphatic carbocycles. The van der Waals surface area contributed by atoms with Crippen LogP contribution in [0.2, 0.25) is 0 Å². The van der Waals surface area contributed by atoms with Crippen LogP contribution in [-0.2, 0) is 4.79 Å². The third-order valence-electron chi connectivity index (χ3n) is 3.23. The van der Waals surface area contributed by atoms with Gasteiger partial charge in [0.15, 0.2) is 5.76 Å². The van der Waals surface area contributed by atoms with Crippen molar-refractivity contribution in [3.05, 3.63) is 28.0 Å². The first-order valence-electron chi connectivity index (χ1n) is 7.12. The molecule has 0 bridgehead atoms. The number of nitrogens with two attached hydrogens (primary N) is 1. The summed E-state index contributed by atoms with van der Waals surface area (Å²) in [6, 6.07) is 2.03. The molecule has 23 heavy (non-hydrogen) atoms. The topological polar surface area (TPSA) is 144 Å². The van der Waals surface area contributed by atoms with E-state index < -0.39 is 28.9 Å². The highest BCUT2D eigenvalue weighted by atomic mass is 16.6. The van der Waals surface area contributed by atoms with Gasteiger partial charge in [-0.3, -0.25) is 24.8 Å². The third kappa shape index (κ3) is 4.13. The zero-order valence-electron chi connectivity index (χ0n) is 12.3. The van der Waals surface area contributed by atoms with Crippen molar-refractivity contribution in [1.82, 2.24) is 10.2 Å². The first-order valence-corrected chi connectivity index (χ1v) is 7.12. The Bertz CT molecular complexity index is 626. The summed E-state index contributed by atoms with van der Waals surface area (Å²) in [5.41, 5.74) is 5.38. The maximum atomic E-state index is 12.1. The van der Waals surface area contributed by atoms with E-state index in [4.69, 9.17) is 10.2 Å². The van der Waals surface area contributed by atoms with Gasteiger partial charge in [0.2, 0.25) is 6.17 Å². The van der Waals surface area contributed by atoms with Crippen molar-refractivity contribution < 1.29 is 18.9 Å². The van der Waals surface area contributed by atoms with E-state index in [-0.39, 0.29) is 5.76 Å². The van der Waals surface area contributed by atoms with Gasteiger partial charge >= 0.3 is 11.9 Å². The van der Waals surface area contributed by atoms with Crippen LogP contribution in [0.1, 0.15) is 25.0 Å². The molecule has 1 saturated heterocycles. The van der Waals surface area contributed by atoms with E-state index in [1.165, 1.54) is 18.3 Å². The van der Waals surface area contributed by atoms with E-state index in [1.54, 1.807) is 0 Å². The van der Waals surface area contributed by atoms with Gasteiger partial charge in [-0.25, -0.2) is 4.79 Å². The third-order valence-corrected chi connectivity index (χ3v) is 3.23. The summed E-state index contributed by atoms with van der Waals surface area (Å²) in [5.74, 6) is -0.755. The molecule has 1 aliphatic heterocycles. The van der Waals surface area contributed by atoms with E-state index in [0.29, 0.717) is 19.5 Å². The van der Waals surface area contributed by atoms with Crippen LogP contribution < -0.4 is 11.1 Å². The Kier molecular flexibility index (Phi) is 5.41. The molecule has 0 spiro atoms. The number of unbranched alkanes of at least 4 members (excludes halogenated alkanes) is 2. The number of nitrogens with one attached hydrogen (secondary N) is 1. The molecule has 3 N–H and O–H groups in total. The van der Waals surface area contributed by atoms with Crippen molar-refractivity contribution in [2.24, 2.45) is 10.7 Å². The van der Waals surface area contributed by atoms with Crippen LogP contribution in [0.3, 0.4) is 0 Å². The van der Waals surface area contributed by atoms with Gasteiger partial charge in [0.25, 0.3) is 5.91 Å². The van der Waals surface area contributed by atoms with Crippen LogP contribution in [-0.4, -0.2) is 47.2 Å². The van der Waals surface area contributed by atoms with Crippen molar-refractivity contribution >= 4 is 24.0 Å². The Labute approximate surface area is 131 Å². The van der Waals surface area contributed by atoms with Crippen LogP contribution in [0.25, 0.3) is 0 Å². The minimum Gasteiger partial charge on any atom is -0.400 e. The molecule has 124 valence electrons. The number of aliphatic imine (C=N–C) groups is 1. The van der Waals surface area contributed by atoms with Crippen LogP contribution >= 0.6 is 0 Å². The fourth-order valence-electron chi connectivity index (χ4n) is 2.07. The number of hydrogen-bond acceptors (Lipinski definition) is 7. The number of carbonyl (C=O) groups excluding carboxylic acids is 2. The van der Waals surface area contributed by atoms with Crippen molar-refractivity contribution in [2.75, 3.05) is 13.1 Å². The molecule has 2 heterocycles. The lowest BCUT2D eigenvalue weighted by Crippen LogP contribution is -2.32. The molecule has 0 radical (unpaired) electrons. The quantitative estimate of drug-likeness (QED) is 0.236. The predicted octanol–water partition coefficient (Wildman–Crippen LogP) is 0.614. The average Bonchev–Trinajstić information content (AvgIpc) is 3.08. The number of amides is 3. The van der Waals surface area contributed by atoms with Gasteiger partial charge in [-0.1, -0.05) is 6.42 Å². The summed E-state index contributed by atoms with van der Waals surface area (Å²) in [6.07, 6.45) is 2.48. The summed E-state index contributed by atoms with van der Waals surface area (Å²) in [6.45, 7) is 0.880. The lowest BCUT2D eigenvalue weighted by molar-refractivity contribution is -0.402. The number of hydrogen-bond donors (Lipinski definition) is 2. The molecule has 0 aromatic carbocycles. The highest BCUT2D eigenvalue weighted by Gasteiger charge is 2.37. The Hall–Kier alpha value is -2.75. The molecule has 2 rings (SSSR count). The van der Waals surface area contributed by atoms with Crippen molar-refractivity contribution in [3.63, 3.8) is 0 Å². The largest absolute Gasteiger partial charge is 0.433 e. The van der Waals surface area contributed by atoms with Crippen LogP contribution in [0.15, 0.2) is 21.5 Å². The predicted molar refractivity (Wildman–Crippen MR) is 79.9 cm³/mol. The number of furan rings is 1. The SMILES string of the molecule is NCCCCCN1C(=O)NC(N=Cc2ccc([N+](=O)[O-])o2)C1=O. The van der Waals surface area contributed by atoms with Crippen LogP contribution in [0.5, 0.6) is 0 Å². The van der Waals surface area contributed by atoms with E-state index in [0.717, 1.165) is 17.7 Å². The lowest BCUT2D eigenvalue weighted by Gasteiger charge is -2.11. The maximum absolute atomic E-state index is 12.1. The highest BCUT2D eigenvalue weighted by molar-refractivity contribution is 6.04. The molecule has 1 aromatic rings. The van der Waals surface area contributed by atoms with E-state index in [1.807, 2.05) is 0 Å². The normalized spacial score (nSPS) is 18.0. The molecule has 3 amide bonds. The van der Waals surface area contributed by atoms with Crippen molar-refractivity contribution in [1.29, 1.82) is 0 Å². The molecule has 10 nitrogen and oxygen atoms in total. The zero-order valence-corrected chi connectivity index (χ0v) is 12.3. The molecule has 1 unspecified atom stereocenters. The molecule has 0 saturated carbocycles. The molecule has 1 atom stereocenters. The second-order valence-electron chi connectivity index (χ2n) is 4.90. The summed E-state index contributed by atoms with van der Waals surface area (Å²) in [4.78, 5) is 38.7. The summed E-state index contributed by atoms with van der Waals surface area (Å²) >= 11 is 0. The van der Waals surface area contributed by atoms with Gasteiger partial charge in [-0.05, 0) is 25.5 Å². The standard InChI is InChI=1S/C13H17N5O5/c14-6-2-1-3-7-17-12(19)11(16-13(17)20)15-8-9-4-5-10(23-9)18(21)22/h4-5,8,11H,1-3,6-7,14H2,(H,16,20). The van der Waals surface area contributed by atoms with Crippen molar-refractivity contribution in [3.8, 4) is 0 Å². The maximum Gasteiger partial charge on any atom is 0.433 e. The highest BCUT2D eigenvalue weighted by Crippen LogP contribution is 2.15. The fraction of sp³-hybridized carbons (Fsp3) is 0.462. The minimum atomic E-state index is -1.04. The zero-order chi connectivity index (χ0) is 16.8. The van der Waals surface area contributed by atoms with Crippen LogP contribution in [0.4, 0.5) is 10.7 Å². The van der Waals surface area contributed by atoms with Crippen LogP contribution in [0, 0.1) is 10.1 Å². The molecular weight excluding hydrogens is 306 g/mol. The van der Waals surface area contributed by atoms with Crippen molar-refractivity contribution in [2.45, 2.75) is 25.4 Å². The molecule has 1 aromatic heterocycles. The first kappa shape index (κ1) is 16.6. The fourth-order valence-corrected chi connectivity index (χ4v) is 2.07. The van der Waals surface area contributed by atoms with Gasteiger partial charge in [0, 0.05) is 6.54 Å². The first-order chi connectivity index (χ1) is 11.0. The minimum absolute atomic E-state index is 0.125. The second kappa shape index (κ2) is 7.49. The van der Waals surface area contributed by atoms with Gasteiger partial charge in [0.1, 0.15) is 4.92 Å². The Morgan fingerprint density at radius 3 is 2.83 bits per heavy atom. The van der Waals surface area contributed by atoms with E-state index >= 15 is 0 Å². The molecule has 1 fully saturated rings. The average molecular weight is 323 g/mol. The van der Waals surface area contributed by atoms with Gasteiger partial charge in [-0.2, -0.15) is 0 Å². The second-order valence-corrected chi connectivity index (χ2v) is 4.90. The summed E-state index contributed by atoms with van der Waals surface area (Å²) in [5, 5.41) is 12.9. The number of carbonyl (C=O) groups is 2. The van der Waals surface area contributed by atoms with E-state index in [2.05, 4.69) is 10.3 Å². The number of imide groups is 1. The Morgan fingerprint density at radius 1 is 1.39 bits per heavy atom. The van der Waals surface area contributed by atoms with Gasteiger partial charge in [0.05, 0.1) is 12.3 Å². The lowest BCUT2D eigenvalue weighted by atomic mass is 10.2. The summed E-state index contributed by atoms with van der Waals surface area (Å²) < 4.78 is 4.89. The molecular formula is C13H17N5O5. The van der Waals surface area contributed by atoms with Gasteiger partial charge < -0.3 is 15.5 Å². The number of nitrogens with zero attached hydrogens (tertiary/aromatic N) is 3. The summed E-state index contributed by atoms with van der Waals surface area (Å²) in [7, 11) is 0. The number of urea groups is 1. The monoisotopic (exact) mass is 323 g/mol. The number of nitro groups is 1. The Balaban J connectivity index is 1.93. The smallest absolute Gasteiger partial charge is 0.400 e. The van der Waals surface area contributed by atoms with Gasteiger partial charge in [-0.15, -0.1) is 0 Å². The molecule has 10 heteroatoms. The molecule has 1 aliphatic rings. The Morgan fingerprint density at radius 2 is 2.17 bits per heavy atom. The number of rotatable bonds is 8. The van der Waals surface area contributed by atoms with E-state index in [9.17, 15) is 19.7 Å².